The van der Waals surface area contributed by atoms with Gasteiger partial charge in [0.25, 0.3) is 0 Å². The van der Waals surface area contributed by atoms with E-state index in [0.29, 0.717) is 11.1 Å². The quantitative estimate of drug-likeness (QED) is 0.0127. The van der Waals surface area contributed by atoms with Crippen molar-refractivity contribution in [1.82, 2.24) is 74.4 Å². The summed E-state index contributed by atoms with van der Waals surface area (Å²) in [6.07, 6.45) is -3.25. The molecule has 0 bridgehead atoms. The van der Waals surface area contributed by atoms with E-state index in [1.54, 1.807) is 60.7 Å². The first-order valence-corrected chi connectivity index (χ1v) is 30.2. The molecule has 0 saturated heterocycles. The highest BCUT2D eigenvalue weighted by atomic mass is 32.1. The summed E-state index contributed by atoms with van der Waals surface area (Å²) >= 11 is 4.04. The lowest BCUT2D eigenvalue weighted by molar-refractivity contribution is -0.142. The van der Waals surface area contributed by atoms with Crippen LogP contribution in [0.25, 0.3) is 0 Å². The minimum Gasteiger partial charge on any atom is -0.480 e. The molecule has 2 aromatic carbocycles. The van der Waals surface area contributed by atoms with Gasteiger partial charge in [0, 0.05) is 25.1 Å². The summed E-state index contributed by atoms with van der Waals surface area (Å²) < 4.78 is 0. The SMILES string of the molecule is CC(C)[C@H](NC(=O)[C@@H](NC(=O)[C@H](CO)NC(=O)[C@H](Cc1ccccc1)NC(=O)CNC(=O)[C@H](CS)NC(=O)[C@@H](N)[C@@H](C)O)[C@@H](C)O)C(=O)NCC(=O)N[C@@H](CO)C(=O)NCC(=O)N[C@@H](Cc1ccccc1)C(=O)NCC(=O)N[C@@H](CO)C(=O)N[C@@H](CCCNC(=N)N)C(=O)O. The predicted molar refractivity (Wildman–Crippen MR) is 338 cm³/mol. The van der Waals surface area contributed by atoms with Crippen LogP contribution in [0.2, 0.25) is 0 Å². The number of benzene rings is 2. The summed E-state index contributed by atoms with van der Waals surface area (Å²) in [6.45, 7) is -0.926. The highest BCUT2D eigenvalue weighted by Crippen LogP contribution is 2.09. The Bertz CT molecular complexity index is 2950. The third-order valence-electron chi connectivity index (χ3n) is 13.6. The van der Waals surface area contributed by atoms with Crippen molar-refractivity contribution < 1.29 is 97.8 Å². The number of nitrogens with one attached hydrogen (secondary N) is 15. The van der Waals surface area contributed by atoms with Gasteiger partial charge in [0.15, 0.2) is 5.96 Å². The Morgan fingerprint density at radius 1 is 0.442 bits per heavy atom. The Balaban J connectivity index is 2.06. The van der Waals surface area contributed by atoms with Gasteiger partial charge in [0.1, 0.15) is 60.4 Å². The Kier molecular flexibility index (Phi) is 36.5. The van der Waals surface area contributed by atoms with E-state index >= 15 is 0 Å². The van der Waals surface area contributed by atoms with E-state index in [2.05, 4.69) is 87.1 Å². The van der Waals surface area contributed by atoms with Gasteiger partial charge >= 0.3 is 5.97 Å². The van der Waals surface area contributed by atoms with Crippen molar-refractivity contribution in [2.45, 2.75) is 126 Å². The maximum Gasteiger partial charge on any atom is 0.326 e. The zero-order valence-electron chi connectivity index (χ0n) is 52.5. The van der Waals surface area contributed by atoms with Gasteiger partial charge in [-0.2, -0.15) is 12.6 Å². The van der Waals surface area contributed by atoms with Gasteiger partial charge in [-0.05, 0) is 43.7 Å². The molecule has 0 aliphatic rings. The first kappa shape index (κ1) is 81.5. The van der Waals surface area contributed by atoms with Gasteiger partial charge in [0.05, 0.1) is 58.2 Å². The van der Waals surface area contributed by atoms with Crippen molar-refractivity contribution in [2.75, 3.05) is 58.3 Å². The fourth-order valence-electron chi connectivity index (χ4n) is 8.28. The summed E-state index contributed by atoms with van der Waals surface area (Å²) in [5.41, 5.74) is 11.9. The van der Waals surface area contributed by atoms with Crippen molar-refractivity contribution in [3.63, 3.8) is 0 Å². The molecule has 0 radical (unpaired) electrons. The standard InChI is InChI=1S/C57H87N17O20S/c1-28(2)45(73-55(92)46(30(4)79)74-52(89)38(26-77)71-50(87)35(19-32-14-9-6-10-15-32)67-41(81)21-64-49(86)39(27-95)72-53(90)44(58)29(3)78)54(91)65-23-43(83)68-36(24-75)48(85)63-20-40(80)66-34(18-31-12-7-5-8-13-31)47(84)62-22-42(82)69-37(25-76)51(88)70-33(56(93)94)16-11-17-61-57(59)60/h5-10,12-15,28-30,33-39,44-46,75-79,95H,11,16-27,58H2,1-4H3,(H,62,84)(H,63,85)(H,64,86)(H,65,91)(H,66,80)(H,67,81)(H,68,83)(H,69,82)(H,70,88)(H,71,87)(H,72,90)(H,73,92)(H,74,89)(H,93,94)(H4,59,60,61)/t29-,30-,33+,34+,35+,36+,37+,38+,39+,44+,45+,46+/m1/s1. The summed E-state index contributed by atoms with van der Waals surface area (Å²) in [6, 6.07) is 0.786. The molecule has 12 atom stereocenters. The Hall–Kier alpha value is -9.60. The zero-order valence-corrected chi connectivity index (χ0v) is 53.4. The number of guanidine groups is 1. The Labute approximate surface area is 550 Å². The van der Waals surface area contributed by atoms with Crippen LogP contribution in [-0.2, 0) is 80.0 Å². The van der Waals surface area contributed by atoms with Crippen molar-refractivity contribution in [1.29, 1.82) is 5.41 Å². The predicted octanol–water partition coefficient (Wildman–Crippen LogP) is -10.7. The maximum atomic E-state index is 13.7. The molecule has 0 aromatic heterocycles. The number of aliphatic carboxylic acids is 1. The number of carbonyl (C=O) groups is 14. The van der Waals surface area contributed by atoms with Crippen LogP contribution in [-0.4, -0.2) is 250 Å². The monoisotopic (exact) mass is 1360 g/mol. The normalized spacial score (nSPS) is 14.7. The van der Waals surface area contributed by atoms with E-state index in [4.69, 9.17) is 16.9 Å². The maximum absolute atomic E-state index is 13.7. The third-order valence-corrected chi connectivity index (χ3v) is 14.0. The number of thiol groups is 1. The molecule has 0 spiro atoms. The second kappa shape index (κ2) is 42.6. The molecule has 25 N–H and O–H groups in total. The highest BCUT2D eigenvalue weighted by molar-refractivity contribution is 7.80. The van der Waals surface area contributed by atoms with Crippen molar-refractivity contribution in [2.24, 2.45) is 17.4 Å². The van der Waals surface area contributed by atoms with Gasteiger partial charge < -0.3 is 117 Å². The number of rotatable bonds is 42. The lowest BCUT2D eigenvalue weighted by Gasteiger charge is -2.28. The summed E-state index contributed by atoms with van der Waals surface area (Å²) in [5.74, 6) is -16.0. The summed E-state index contributed by atoms with van der Waals surface area (Å²) in [5, 5.41) is 99.0. The number of amides is 13. The number of carbonyl (C=O) groups excluding carboxylic acids is 13. The van der Waals surface area contributed by atoms with E-state index in [1.807, 2.05) is 0 Å². The molecule has 0 aliphatic heterocycles. The van der Waals surface area contributed by atoms with Crippen molar-refractivity contribution in [3.05, 3.63) is 71.8 Å². The lowest BCUT2D eigenvalue weighted by Crippen LogP contribution is -2.62. The van der Waals surface area contributed by atoms with Crippen LogP contribution in [0.1, 0.15) is 51.7 Å². The molecule has 0 saturated carbocycles. The van der Waals surface area contributed by atoms with Gasteiger partial charge in [0.2, 0.25) is 76.8 Å². The summed E-state index contributed by atoms with van der Waals surface area (Å²) in [4.78, 5) is 183. The minimum atomic E-state index is -1.86. The fraction of sp³-hybridized carbons (Fsp3) is 0.526. The average Bonchev–Trinajstić information content (AvgIpc) is 0.938. The first-order chi connectivity index (χ1) is 44.8. The fourth-order valence-corrected chi connectivity index (χ4v) is 8.54. The minimum absolute atomic E-state index is 0.112. The van der Waals surface area contributed by atoms with E-state index in [-0.39, 0.29) is 43.9 Å². The van der Waals surface area contributed by atoms with Crippen molar-refractivity contribution in [3.8, 4) is 0 Å². The number of carboxylic acids is 1. The zero-order chi connectivity index (χ0) is 71.5. The second-order valence-electron chi connectivity index (χ2n) is 21.7. The molecule has 0 heterocycles. The first-order valence-electron chi connectivity index (χ1n) is 29.6. The van der Waals surface area contributed by atoms with Gasteiger partial charge in [-0.15, -0.1) is 0 Å². The molecule has 2 rings (SSSR count). The van der Waals surface area contributed by atoms with Crippen LogP contribution in [0, 0.1) is 11.3 Å². The number of nitrogens with two attached hydrogens (primary N) is 2. The number of hydrogen-bond donors (Lipinski definition) is 24. The molecule has 0 fully saturated rings. The number of aliphatic hydroxyl groups is 5. The molecule has 95 heavy (non-hydrogen) atoms. The second-order valence-corrected chi connectivity index (χ2v) is 22.1. The lowest BCUT2D eigenvalue weighted by atomic mass is 10.0. The van der Waals surface area contributed by atoms with E-state index in [1.165, 1.54) is 20.8 Å². The molecule has 37 nitrogen and oxygen atoms in total. The number of aliphatic hydroxyl groups excluding tert-OH is 5. The molecule has 0 aliphatic carbocycles. The van der Waals surface area contributed by atoms with Crippen LogP contribution < -0.4 is 85.9 Å². The smallest absolute Gasteiger partial charge is 0.326 e. The Morgan fingerprint density at radius 2 is 0.800 bits per heavy atom. The number of hydrogen-bond acceptors (Lipinski definition) is 22. The molecular weight excluding hydrogens is 1270 g/mol. The average molecular weight is 1360 g/mol. The molecular formula is C57H87N17O20S. The van der Waals surface area contributed by atoms with E-state index in [0.717, 1.165) is 6.92 Å². The third kappa shape index (κ3) is 30.4. The van der Waals surface area contributed by atoms with Crippen LogP contribution >= 0.6 is 12.6 Å². The molecule has 2 aromatic rings. The largest absolute Gasteiger partial charge is 0.480 e. The molecule has 38 heteroatoms. The van der Waals surface area contributed by atoms with E-state index in [9.17, 15) is 97.8 Å². The van der Waals surface area contributed by atoms with Crippen molar-refractivity contribution >= 4 is 101 Å². The van der Waals surface area contributed by atoms with Gasteiger partial charge in [-0.25, -0.2) is 4.79 Å². The molecule has 0 unspecified atom stereocenters. The molecule has 526 valence electrons. The summed E-state index contributed by atoms with van der Waals surface area (Å²) in [7, 11) is 0. The van der Waals surface area contributed by atoms with Crippen LogP contribution in [0.5, 0.6) is 0 Å². The Morgan fingerprint density at radius 3 is 1.21 bits per heavy atom. The van der Waals surface area contributed by atoms with Crippen LogP contribution in [0.15, 0.2) is 60.7 Å². The number of carboxylic acid groups (broad SMARTS) is 1. The van der Waals surface area contributed by atoms with Gasteiger partial charge in [-0.3, -0.25) is 67.7 Å². The van der Waals surface area contributed by atoms with E-state index < -0.39 is 207 Å². The van der Waals surface area contributed by atoms with Crippen LogP contribution in [0.4, 0.5) is 0 Å². The van der Waals surface area contributed by atoms with Gasteiger partial charge in [-0.1, -0.05) is 74.5 Å². The molecule has 13 amide bonds. The highest BCUT2D eigenvalue weighted by Gasteiger charge is 2.36. The van der Waals surface area contributed by atoms with Crippen LogP contribution in [0.3, 0.4) is 0 Å². The topological polar surface area (TPSA) is 605 Å².